The van der Waals surface area contributed by atoms with Crippen LogP contribution in [0.4, 0.5) is 11.4 Å². The molecule has 0 unspecified atom stereocenters. The molecule has 0 heterocycles. The monoisotopic (exact) mass is 236 g/mol. The zero-order chi connectivity index (χ0) is 12.7. The molecule has 0 aliphatic carbocycles. The third-order valence-electron chi connectivity index (χ3n) is 2.35. The van der Waals surface area contributed by atoms with Crippen molar-refractivity contribution in [3.8, 4) is 0 Å². The zero-order valence-corrected chi connectivity index (χ0v) is 10.5. The topological polar surface area (TPSA) is 64.3 Å². The first-order chi connectivity index (χ1) is 8.13. The molecule has 0 saturated heterocycles. The lowest BCUT2D eigenvalue weighted by atomic mass is 10.2. The van der Waals surface area contributed by atoms with Crippen LogP contribution in [0.25, 0.3) is 0 Å². The summed E-state index contributed by atoms with van der Waals surface area (Å²) in [7, 11) is 0. The van der Waals surface area contributed by atoms with Gasteiger partial charge in [-0.2, -0.15) is 0 Å². The van der Waals surface area contributed by atoms with Gasteiger partial charge >= 0.3 is 0 Å². The van der Waals surface area contributed by atoms with Crippen molar-refractivity contribution in [2.24, 2.45) is 0 Å². The molecule has 1 rings (SSSR count). The molecule has 94 valence electrons. The van der Waals surface area contributed by atoms with E-state index in [-0.39, 0.29) is 5.91 Å². The number of benzene rings is 1. The molecule has 0 radical (unpaired) electrons. The summed E-state index contributed by atoms with van der Waals surface area (Å²) in [5, 5.41) is 2.84. The first-order valence-corrected chi connectivity index (χ1v) is 5.87. The van der Waals surface area contributed by atoms with Crippen molar-refractivity contribution in [3.05, 3.63) is 23.8 Å². The number of aryl methyl sites for hydroxylation is 1. The summed E-state index contributed by atoms with van der Waals surface area (Å²) in [6, 6.07) is 5.43. The van der Waals surface area contributed by atoms with Gasteiger partial charge in [-0.1, -0.05) is 6.92 Å². The molecule has 0 saturated carbocycles. The van der Waals surface area contributed by atoms with E-state index in [9.17, 15) is 4.79 Å². The van der Waals surface area contributed by atoms with Gasteiger partial charge in [0.25, 0.3) is 0 Å². The number of nitrogen functional groups attached to an aromatic ring is 1. The Kier molecular flexibility index (Phi) is 5.49. The normalized spacial score (nSPS) is 10.2. The molecule has 0 aliphatic heterocycles. The zero-order valence-electron chi connectivity index (χ0n) is 10.5. The summed E-state index contributed by atoms with van der Waals surface area (Å²) in [4.78, 5) is 11.6. The molecule has 0 atom stereocenters. The van der Waals surface area contributed by atoms with Crippen LogP contribution in [0.5, 0.6) is 0 Å². The molecule has 1 aromatic carbocycles. The summed E-state index contributed by atoms with van der Waals surface area (Å²) in [5.74, 6) is -0.0334. The van der Waals surface area contributed by atoms with Crippen molar-refractivity contribution in [1.82, 2.24) is 0 Å². The molecule has 4 nitrogen and oxygen atoms in total. The largest absolute Gasteiger partial charge is 0.399 e. The van der Waals surface area contributed by atoms with E-state index in [1.54, 1.807) is 6.07 Å². The van der Waals surface area contributed by atoms with Crippen LogP contribution in [-0.2, 0) is 9.53 Å². The Morgan fingerprint density at radius 2 is 2.18 bits per heavy atom. The van der Waals surface area contributed by atoms with E-state index in [2.05, 4.69) is 5.32 Å². The van der Waals surface area contributed by atoms with E-state index in [0.717, 1.165) is 17.7 Å². The number of hydrogen-bond donors (Lipinski definition) is 2. The molecule has 1 amide bonds. The van der Waals surface area contributed by atoms with Crippen molar-refractivity contribution in [1.29, 1.82) is 0 Å². The van der Waals surface area contributed by atoms with Gasteiger partial charge in [0.15, 0.2) is 0 Å². The van der Waals surface area contributed by atoms with E-state index >= 15 is 0 Å². The number of carbonyl (C=O) groups excluding carboxylic acids is 1. The molecule has 0 bridgehead atoms. The molecule has 0 aromatic heterocycles. The maximum absolute atomic E-state index is 11.6. The minimum Gasteiger partial charge on any atom is -0.399 e. The van der Waals surface area contributed by atoms with E-state index in [4.69, 9.17) is 10.5 Å². The van der Waals surface area contributed by atoms with Crippen LogP contribution in [0, 0.1) is 6.92 Å². The summed E-state index contributed by atoms with van der Waals surface area (Å²) in [5.41, 5.74) is 8.11. The first-order valence-electron chi connectivity index (χ1n) is 5.87. The predicted molar refractivity (Wildman–Crippen MR) is 69.9 cm³/mol. The van der Waals surface area contributed by atoms with Crippen LogP contribution >= 0.6 is 0 Å². The van der Waals surface area contributed by atoms with Crippen molar-refractivity contribution in [2.45, 2.75) is 26.7 Å². The van der Waals surface area contributed by atoms with Gasteiger partial charge < -0.3 is 15.8 Å². The molecule has 4 heteroatoms. The molecule has 0 aliphatic rings. The summed E-state index contributed by atoms with van der Waals surface area (Å²) >= 11 is 0. The van der Waals surface area contributed by atoms with Crippen LogP contribution in [0.2, 0.25) is 0 Å². The second-order valence-corrected chi connectivity index (χ2v) is 3.98. The van der Waals surface area contributed by atoms with E-state index in [1.165, 1.54) is 0 Å². The number of nitrogens with one attached hydrogen (secondary N) is 1. The maximum Gasteiger partial charge on any atom is 0.226 e. The molecule has 17 heavy (non-hydrogen) atoms. The van der Waals surface area contributed by atoms with E-state index in [0.29, 0.717) is 25.3 Å². The van der Waals surface area contributed by atoms with Gasteiger partial charge in [-0.05, 0) is 37.1 Å². The first kappa shape index (κ1) is 13.5. The van der Waals surface area contributed by atoms with Gasteiger partial charge in [0.1, 0.15) is 0 Å². The summed E-state index contributed by atoms with van der Waals surface area (Å²) in [6.45, 7) is 5.12. The maximum atomic E-state index is 11.6. The minimum absolute atomic E-state index is 0.0334. The Morgan fingerprint density at radius 3 is 2.82 bits per heavy atom. The predicted octanol–water partition coefficient (Wildman–Crippen LogP) is 2.33. The fraction of sp³-hybridized carbons (Fsp3) is 0.462. The SMILES string of the molecule is CCCOCCC(=O)Nc1ccc(N)cc1C. The lowest BCUT2D eigenvalue weighted by Gasteiger charge is -2.09. The molecular weight excluding hydrogens is 216 g/mol. The number of hydrogen-bond acceptors (Lipinski definition) is 3. The molecule has 3 N–H and O–H groups in total. The Balaban J connectivity index is 2.40. The number of anilines is 2. The highest BCUT2D eigenvalue weighted by molar-refractivity contribution is 5.91. The van der Waals surface area contributed by atoms with E-state index in [1.807, 2.05) is 26.0 Å². The highest BCUT2D eigenvalue weighted by atomic mass is 16.5. The highest BCUT2D eigenvalue weighted by Gasteiger charge is 2.04. The van der Waals surface area contributed by atoms with Crippen LogP contribution in [0.1, 0.15) is 25.3 Å². The van der Waals surface area contributed by atoms with Crippen molar-refractivity contribution < 1.29 is 9.53 Å². The number of carbonyl (C=O) groups is 1. The average molecular weight is 236 g/mol. The second-order valence-electron chi connectivity index (χ2n) is 3.98. The van der Waals surface area contributed by atoms with Gasteiger partial charge in [-0.15, -0.1) is 0 Å². The summed E-state index contributed by atoms with van der Waals surface area (Å²) in [6.07, 6.45) is 1.35. The Labute approximate surface area is 102 Å². The third kappa shape index (κ3) is 4.87. The van der Waals surface area contributed by atoms with Gasteiger partial charge in [0, 0.05) is 18.0 Å². The lowest BCUT2D eigenvalue weighted by Crippen LogP contribution is -2.15. The fourth-order valence-corrected chi connectivity index (χ4v) is 1.45. The molecule has 0 fully saturated rings. The standard InChI is InChI=1S/C13H20N2O2/c1-3-7-17-8-6-13(16)15-12-5-4-11(14)9-10(12)2/h4-5,9H,3,6-8,14H2,1-2H3,(H,15,16). The van der Waals surface area contributed by atoms with Gasteiger partial charge in [-0.3, -0.25) is 4.79 Å². The van der Waals surface area contributed by atoms with Crippen molar-refractivity contribution in [3.63, 3.8) is 0 Å². The van der Waals surface area contributed by atoms with Crippen LogP contribution < -0.4 is 11.1 Å². The van der Waals surface area contributed by atoms with Gasteiger partial charge in [-0.25, -0.2) is 0 Å². The molecule has 1 aromatic rings. The summed E-state index contributed by atoms with van der Waals surface area (Å²) < 4.78 is 5.26. The second kappa shape index (κ2) is 6.91. The van der Waals surface area contributed by atoms with Crippen molar-refractivity contribution in [2.75, 3.05) is 24.3 Å². The Bertz CT molecular complexity index is 378. The average Bonchev–Trinajstić information content (AvgIpc) is 2.28. The van der Waals surface area contributed by atoms with E-state index < -0.39 is 0 Å². The third-order valence-corrected chi connectivity index (χ3v) is 2.35. The van der Waals surface area contributed by atoms with Crippen LogP contribution in [0.3, 0.4) is 0 Å². The van der Waals surface area contributed by atoms with Gasteiger partial charge in [0.05, 0.1) is 13.0 Å². The molecular formula is C13H20N2O2. The number of amides is 1. The molecule has 0 spiro atoms. The minimum atomic E-state index is -0.0334. The van der Waals surface area contributed by atoms with Gasteiger partial charge in [0.2, 0.25) is 5.91 Å². The van der Waals surface area contributed by atoms with Crippen LogP contribution in [0.15, 0.2) is 18.2 Å². The fourth-order valence-electron chi connectivity index (χ4n) is 1.45. The number of rotatable bonds is 6. The van der Waals surface area contributed by atoms with Crippen LogP contribution in [-0.4, -0.2) is 19.1 Å². The number of nitrogens with two attached hydrogens (primary N) is 1. The quantitative estimate of drug-likeness (QED) is 0.588. The lowest BCUT2D eigenvalue weighted by molar-refractivity contribution is -0.117. The Hall–Kier alpha value is -1.55. The van der Waals surface area contributed by atoms with Crippen molar-refractivity contribution >= 4 is 17.3 Å². The Morgan fingerprint density at radius 1 is 1.41 bits per heavy atom. The number of ether oxygens (including phenoxy) is 1. The smallest absolute Gasteiger partial charge is 0.226 e. The highest BCUT2D eigenvalue weighted by Crippen LogP contribution is 2.17.